The van der Waals surface area contributed by atoms with E-state index in [1.54, 1.807) is 0 Å². The molecular weight excluding hydrogens is 182 g/mol. The summed E-state index contributed by atoms with van der Waals surface area (Å²) in [6, 6.07) is 8.88. The van der Waals surface area contributed by atoms with E-state index < -0.39 is 0 Å². The SMILES string of the molecule is C=C(C)CC(N)CCc1cccc(C)c1. The van der Waals surface area contributed by atoms with Gasteiger partial charge in [0, 0.05) is 6.04 Å². The Balaban J connectivity index is 2.40. The second kappa shape index (κ2) is 5.72. The molecule has 0 radical (unpaired) electrons. The van der Waals surface area contributed by atoms with Gasteiger partial charge in [-0.25, -0.2) is 0 Å². The molecule has 1 aromatic rings. The second-order valence-corrected chi connectivity index (χ2v) is 4.45. The summed E-state index contributed by atoms with van der Waals surface area (Å²) >= 11 is 0. The van der Waals surface area contributed by atoms with Crippen LogP contribution in [0.4, 0.5) is 0 Å². The molecule has 1 atom stereocenters. The van der Waals surface area contributed by atoms with Crippen LogP contribution in [0.1, 0.15) is 30.9 Å². The zero-order valence-electron chi connectivity index (χ0n) is 9.79. The molecule has 15 heavy (non-hydrogen) atoms. The van der Waals surface area contributed by atoms with Gasteiger partial charge in [-0.05, 0) is 38.7 Å². The van der Waals surface area contributed by atoms with Crippen molar-refractivity contribution in [1.82, 2.24) is 0 Å². The van der Waals surface area contributed by atoms with Crippen molar-refractivity contribution >= 4 is 0 Å². The second-order valence-electron chi connectivity index (χ2n) is 4.45. The zero-order valence-corrected chi connectivity index (χ0v) is 9.79. The number of nitrogens with two attached hydrogens (primary N) is 1. The van der Waals surface area contributed by atoms with Crippen LogP contribution in [0.2, 0.25) is 0 Å². The summed E-state index contributed by atoms with van der Waals surface area (Å²) in [6.07, 6.45) is 3.04. The van der Waals surface area contributed by atoms with Gasteiger partial charge in [0.2, 0.25) is 0 Å². The molecule has 1 rings (SSSR count). The van der Waals surface area contributed by atoms with Crippen LogP contribution in [0.5, 0.6) is 0 Å². The van der Waals surface area contributed by atoms with E-state index in [1.165, 1.54) is 16.7 Å². The summed E-state index contributed by atoms with van der Waals surface area (Å²) in [4.78, 5) is 0. The fourth-order valence-electron chi connectivity index (χ4n) is 1.77. The van der Waals surface area contributed by atoms with Gasteiger partial charge in [-0.1, -0.05) is 35.4 Å². The predicted molar refractivity (Wildman–Crippen MR) is 66.9 cm³/mol. The van der Waals surface area contributed by atoms with Crippen molar-refractivity contribution < 1.29 is 0 Å². The molecule has 0 aliphatic rings. The molecule has 82 valence electrons. The lowest BCUT2D eigenvalue weighted by atomic mass is 10.0. The maximum Gasteiger partial charge on any atom is 0.00790 e. The first-order chi connectivity index (χ1) is 7.08. The molecule has 2 N–H and O–H groups in total. The maximum absolute atomic E-state index is 6.00. The molecule has 1 aromatic carbocycles. The highest BCUT2D eigenvalue weighted by atomic mass is 14.6. The highest BCUT2D eigenvalue weighted by Gasteiger charge is 2.03. The fraction of sp³-hybridized carbons (Fsp3) is 0.429. The summed E-state index contributed by atoms with van der Waals surface area (Å²) in [5, 5.41) is 0. The Bertz CT molecular complexity index is 328. The van der Waals surface area contributed by atoms with Crippen LogP contribution < -0.4 is 5.73 Å². The van der Waals surface area contributed by atoms with Crippen molar-refractivity contribution in [2.24, 2.45) is 5.73 Å². The molecule has 1 nitrogen and oxygen atoms in total. The fourth-order valence-corrected chi connectivity index (χ4v) is 1.77. The molecule has 1 heteroatoms. The summed E-state index contributed by atoms with van der Waals surface area (Å²) in [6.45, 7) is 8.04. The van der Waals surface area contributed by atoms with E-state index in [1.807, 2.05) is 6.92 Å². The minimum atomic E-state index is 0.253. The molecule has 0 saturated carbocycles. The van der Waals surface area contributed by atoms with Crippen molar-refractivity contribution in [2.75, 3.05) is 0 Å². The average molecular weight is 203 g/mol. The molecule has 0 heterocycles. The normalized spacial score (nSPS) is 12.5. The Morgan fingerprint density at radius 2 is 2.20 bits per heavy atom. The molecule has 0 amide bonds. The molecule has 1 unspecified atom stereocenters. The molecule has 0 spiro atoms. The Labute approximate surface area is 93.0 Å². The van der Waals surface area contributed by atoms with Crippen LogP contribution >= 0.6 is 0 Å². The molecule has 0 aromatic heterocycles. The monoisotopic (exact) mass is 203 g/mol. The lowest BCUT2D eigenvalue weighted by Gasteiger charge is -2.11. The van der Waals surface area contributed by atoms with E-state index in [9.17, 15) is 0 Å². The van der Waals surface area contributed by atoms with Gasteiger partial charge in [0.25, 0.3) is 0 Å². The first-order valence-electron chi connectivity index (χ1n) is 5.53. The standard InChI is InChI=1S/C14H21N/c1-11(2)9-14(15)8-7-13-6-4-5-12(3)10-13/h4-6,10,14H,1,7-9,15H2,2-3H3. The van der Waals surface area contributed by atoms with Crippen LogP contribution in [-0.4, -0.2) is 6.04 Å². The smallest absolute Gasteiger partial charge is 0.00790 e. The van der Waals surface area contributed by atoms with Crippen LogP contribution in [0.15, 0.2) is 36.4 Å². The van der Waals surface area contributed by atoms with E-state index in [2.05, 4.69) is 37.8 Å². The van der Waals surface area contributed by atoms with Crippen LogP contribution in [-0.2, 0) is 6.42 Å². The van der Waals surface area contributed by atoms with Crippen molar-refractivity contribution in [3.63, 3.8) is 0 Å². The zero-order chi connectivity index (χ0) is 11.3. The highest BCUT2D eigenvalue weighted by Crippen LogP contribution is 2.10. The first-order valence-corrected chi connectivity index (χ1v) is 5.53. The Hall–Kier alpha value is -1.08. The molecular formula is C14H21N. The number of rotatable bonds is 5. The number of hydrogen-bond acceptors (Lipinski definition) is 1. The third kappa shape index (κ3) is 4.80. The van der Waals surface area contributed by atoms with Gasteiger partial charge in [-0.3, -0.25) is 0 Å². The van der Waals surface area contributed by atoms with E-state index in [-0.39, 0.29) is 6.04 Å². The van der Waals surface area contributed by atoms with Gasteiger partial charge < -0.3 is 5.73 Å². The van der Waals surface area contributed by atoms with Gasteiger partial charge in [0.1, 0.15) is 0 Å². The van der Waals surface area contributed by atoms with Crippen LogP contribution in [0.25, 0.3) is 0 Å². The topological polar surface area (TPSA) is 26.0 Å². The molecule has 0 aliphatic heterocycles. The number of benzene rings is 1. The molecule has 0 fully saturated rings. The summed E-state index contributed by atoms with van der Waals surface area (Å²) < 4.78 is 0. The highest BCUT2D eigenvalue weighted by molar-refractivity contribution is 5.22. The van der Waals surface area contributed by atoms with Crippen LogP contribution in [0.3, 0.4) is 0 Å². The van der Waals surface area contributed by atoms with Crippen molar-refractivity contribution in [3.05, 3.63) is 47.5 Å². The minimum Gasteiger partial charge on any atom is -0.327 e. The van der Waals surface area contributed by atoms with Gasteiger partial charge in [0.05, 0.1) is 0 Å². The van der Waals surface area contributed by atoms with Crippen molar-refractivity contribution in [1.29, 1.82) is 0 Å². The molecule has 0 aliphatic carbocycles. The Kier molecular flexibility index (Phi) is 4.57. The van der Waals surface area contributed by atoms with E-state index in [0.29, 0.717) is 0 Å². The molecule has 0 saturated heterocycles. The maximum atomic E-state index is 6.00. The minimum absolute atomic E-state index is 0.253. The van der Waals surface area contributed by atoms with Gasteiger partial charge in [0.15, 0.2) is 0 Å². The number of aryl methyl sites for hydroxylation is 2. The lowest BCUT2D eigenvalue weighted by Crippen LogP contribution is -2.20. The van der Waals surface area contributed by atoms with Gasteiger partial charge >= 0.3 is 0 Å². The van der Waals surface area contributed by atoms with Crippen molar-refractivity contribution in [3.8, 4) is 0 Å². The molecule has 0 bridgehead atoms. The third-order valence-electron chi connectivity index (χ3n) is 2.50. The largest absolute Gasteiger partial charge is 0.327 e. The lowest BCUT2D eigenvalue weighted by molar-refractivity contribution is 0.608. The average Bonchev–Trinajstić information content (AvgIpc) is 2.14. The third-order valence-corrected chi connectivity index (χ3v) is 2.50. The summed E-state index contributed by atoms with van der Waals surface area (Å²) in [5.74, 6) is 0. The first kappa shape index (κ1) is 12.0. The van der Waals surface area contributed by atoms with E-state index in [4.69, 9.17) is 5.73 Å². The Morgan fingerprint density at radius 1 is 1.47 bits per heavy atom. The van der Waals surface area contributed by atoms with E-state index in [0.717, 1.165) is 19.3 Å². The van der Waals surface area contributed by atoms with Crippen LogP contribution in [0, 0.1) is 6.92 Å². The number of hydrogen-bond donors (Lipinski definition) is 1. The van der Waals surface area contributed by atoms with Gasteiger partial charge in [-0.2, -0.15) is 0 Å². The Morgan fingerprint density at radius 3 is 2.80 bits per heavy atom. The van der Waals surface area contributed by atoms with Crippen molar-refractivity contribution in [2.45, 2.75) is 39.2 Å². The van der Waals surface area contributed by atoms with E-state index >= 15 is 0 Å². The summed E-state index contributed by atoms with van der Waals surface area (Å²) in [5.41, 5.74) is 9.87. The quantitative estimate of drug-likeness (QED) is 0.731. The predicted octanol–water partition coefficient (Wildman–Crippen LogP) is 3.22. The summed E-state index contributed by atoms with van der Waals surface area (Å²) in [7, 11) is 0. The van der Waals surface area contributed by atoms with Gasteiger partial charge in [-0.15, -0.1) is 6.58 Å².